The highest BCUT2D eigenvalue weighted by atomic mass is 16.1. The minimum Gasteiger partial charge on any atom is -0.366 e. The van der Waals surface area contributed by atoms with Gasteiger partial charge in [0.25, 0.3) is 0 Å². The van der Waals surface area contributed by atoms with E-state index < -0.39 is 11.8 Å². The van der Waals surface area contributed by atoms with E-state index in [4.69, 9.17) is 11.5 Å². The number of hydrogen-bond acceptors (Lipinski definition) is 3. The molecule has 21 heavy (non-hydrogen) atoms. The van der Waals surface area contributed by atoms with Gasteiger partial charge in [-0.05, 0) is 39.8 Å². The fourth-order valence-corrected chi connectivity index (χ4v) is 2.57. The summed E-state index contributed by atoms with van der Waals surface area (Å²) in [5, 5.41) is 0. The molecule has 5 heteroatoms. The summed E-state index contributed by atoms with van der Waals surface area (Å²) >= 11 is 0. The van der Waals surface area contributed by atoms with Crippen molar-refractivity contribution in [2.75, 3.05) is 14.1 Å². The van der Waals surface area contributed by atoms with Gasteiger partial charge in [-0.3, -0.25) is 9.59 Å². The molecule has 0 rings (SSSR count). The first-order chi connectivity index (χ1) is 9.79. The predicted octanol–water partition coefficient (Wildman–Crippen LogP) is 1.73. The van der Waals surface area contributed by atoms with Crippen molar-refractivity contribution in [1.29, 1.82) is 0 Å². The Hall–Kier alpha value is -1.62. The molecule has 0 radical (unpaired) electrons. The molecule has 2 amide bonds. The van der Waals surface area contributed by atoms with E-state index in [-0.39, 0.29) is 6.04 Å². The number of rotatable bonds is 9. The molecule has 4 N–H and O–H groups in total. The lowest BCUT2D eigenvalue weighted by Crippen LogP contribution is -2.35. The van der Waals surface area contributed by atoms with Gasteiger partial charge in [-0.25, -0.2) is 0 Å². The summed E-state index contributed by atoms with van der Waals surface area (Å²) in [7, 11) is 3.80. The van der Waals surface area contributed by atoms with Crippen LogP contribution in [0.5, 0.6) is 0 Å². The SMILES string of the molecule is CCC(CC)=C(C/C=C(\C(N)=O)C(CC)N(C)C)C(N)=O. The second kappa shape index (κ2) is 9.34. The highest BCUT2D eigenvalue weighted by Crippen LogP contribution is 2.19. The number of allylic oxidation sites excluding steroid dienone is 2. The van der Waals surface area contributed by atoms with Crippen molar-refractivity contribution in [3.63, 3.8) is 0 Å². The van der Waals surface area contributed by atoms with E-state index in [1.54, 1.807) is 6.08 Å². The Balaban J connectivity index is 5.55. The number of nitrogens with two attached hydrogens (primary N) is 2. The van der Waals surface area contributed by atoms with E-state index in [2.05, 4.69) is 0 Å². The van der Waals surface area contributed by atoms with Gasteiger partial charge in [0.2, 0.25) is 11.8 Å². The fourth-order valence-electron chi connectivity index (χ4n) is 2.57. The van der Waals surface area contributed by atoms with Gasteiger partial charge in [-0.1, -0.05) is 32.4 Å². The Bertz CT molecular complexity index is 431. The molecule has 0 saturated carbocycles. The summed E-state index contributed by atoms with van der Waals surface area (Å²) < 4.78 is 0. The molecular formula is C16H29N3O2. The number of likely N-dealkylation sites (N-methyl/N-ethyl adjacent to an activating group) is 1. The van der Waals surface area contributed by atoms with E-state index in [0.717, 1.165) is 24.8 Å². The van der Waals surface area contributed by atoms with Crippen molar-refractivity contribution in [2.24, 2.45) is 11.5 Å². The second-order valence-electron chi connectivity index (χ2n) is 5.27. The zero-order valence-corrected chi connectivity index (χ0v) is 13.9. The van der Waals surface area contributed by atoms with Gasteiger partial charge in [0.1, 0.15) is 0 Å². The molecule has 120 valence electrons. The van der Waals surface area contributed by atoms with Gasteiger partial charge in [0.15, 0.2) is 0 Å². The van der Waals surface area contributed by atoms with Crippen LogP contribution < -0.4 is 11.5 Å². The molecule has 0 aliphatic rings. The zero-order chi connectivity index (χ0) is 16.6. The van der Waals surface area contributed by atoms with E-state index >= 15 is 0 Å². The zero-order valence-electron chi connectivity index (χ0n) is 13.9. The monoisotopic (exact) mass is 295 g/mol. The first kappa shape index (κ1) is 19.4. The fraction of sp³-hybridized carbons (Fsp3) is 0.625. The molecule has 1 atom stereocenters. The molecule has 0 saturated heterocycles. The Morgan fingerprint density at radius 3 is 1.86 bits per heavy atom. The van der Waals surface area contributed by atoms with Crippen molar-refractivity contribution in [2.45, 2.75) is 52.5 Å². The molecular weight excluding hydrogens is 266 g/mol. The van der Waals surface area contributed by atoms with Crippen LogP contribution in [0.15, 0.2) is 22.8 Å². The van der Waals surface area contributed by atoms with Crippen LogP contribution in [0, 0.1) is 0 Å². The number of primary amides is 2. The molecule has 0 fully saturated rings. The van der Waals surface area contributed by atoms with Crippen molar-refractivity contribution in [1.82, 2.24) is 4.90 Å². The van der Waals surface area contributed by atoms with Crippen molar-refractivity contribution < 1.29 is 9.59 Å². The maximum Gasteiger partial charge on any atom is 0.245 e. The Morgan fingerprint density at radius 1 is 1.05 bits per heavy atom. The average Bonchev–Trinajstić information content (AvgIpc) is 2.40. The number of amides is 2. The minimum atomic E-state index is -0.450. The summed E-state index contributed by atoms with van der Waals surface area (Å²) in [6.45, 7) is 5.99. The number of carbonyl (C=O) groups is 2. The van der Waals surface area contributed by atoms with E-state index in [1.165, 1.54) is 0 Å². The van der Waals surface area contributed by atoms with Crippen LogP contribution >= 0.6 is 0 Å². The molecule has 5 nitrogen and oxygen atoms in total. The number of hydrogen-bond donors (Lipinski definition) is 2. The Kier molecular flexibility index (Phi) is 8.62. The maximum atomic E-state index is 11.7. The van der Waals surface area contributed by atoms with Gasteiger partial charge in [0, 0.05) is 17.2 Å². The van der Waals surface area contributed by atoms with Crippen molar-refractivity contribution in [3.8, 4) is 0 Å². The van der Waals surface area contributed by atoms with Crippen LogP contribution in [0.1, 0.15) is 46.5 Å². The topological polar surface area (TPSA) is 89.4 Å². The molecule has 0 spiro atoms. The van der Waals surface area contributed by atoms with Crippen LogP contribution in [-0.2, 0) is 9.59 Å². The third-order valence-corrected chi connectivity index (χ3v) is 3.76. The maximum absolute atomic E-state index is 11.7. The predicted molar refractivity (Wildman–Crippen MR) is 86.5 cm³/mol. The van der Waals surface area contributed by atoms with Crippen LogP contribution in [-0.4, -0.2) is 36.9 Å². The summed E-state index contributed by atoms with van der Waals surface area (Å²) in [6.07, 6.45) is 4.43. The number of carbonyl (C=O) groups excluding carboxylic acids is 2. The molecule has 0 aliphatic heterocycles. The lowest BCUT2D eigenvalue weighted by molar-refractivity contribution is -0.116. The standard InChI is InChI=1S/C16H29N3O2/c1-6-11(7-2)12(15(17)20)9-10-13(16(18)21)14(8-3)19(4)5/h10,14H,6-9H2,1-5H3,(H2,17,20)(H2,18,21)/b13-10-. The van der Waals surface area contributed by atoms with Crippen LogP contribution in [0.2, 0.25) is 0 Å². The van der Waals surface area contributed by atoms with Crippen LogP contribution in [0.4, 0.5) is 0 Å². The minimum absolute atomic E-state index is 0.0525. The van der Waals surface area contributed by atoms with E-state index in [0.29, 0.717) is 17.6 Å². The molecule has 0 bridgehead atoms. The first-order valence-electron chi connectivity index (χ1n) is 7.46. The van der Waals surface area contributed by atoms with Gasteiger partial charge >= 0.3 is 0 Å². The van der Waals surface area contributed by atoms with Crippen molar-refractivity contribution >= 4 is 11.8 Å². The highest BCUT2D eigenvalue weighted by molar-refractivity contribution is 5.95. The Morgan fingerprint density at radius 2 is 1.57 bits per heavy atom. The van der Waals surface area contributed by atoms with Gasteiger partial charge < -0.3 is 16.4 Å². The first-order valence-corrected chi connectivity index (χ1v) is 7.46. The molecule has 0 heterocycles. The third kappa shape index (κ3) is 5.71. The van der Waals surface area contributed by atoms with Gasteiger partial charge in [-0.15, -0.1) is 0 Å². The van der Waals surface area contributed by atoms with E-state index in [9.17, 15) is 9.59 Å². The third-order valence-electron chi connectivity index (χ3n) is 3.76. The summed E-state index contributed by atoms with van der Waals surface area (Å²) in [5.41, 5.74) is 13.1. The summed E-state index contributed by atoms with van der Waals surface area (Å²) in [5.74, 6) is -0.874. The quantitative estimate of drug-likeness (QED) is 0.635. The molecule has 0 aromatic carbocycles. The van der Waals surface area contributed by atoms with E-state index in [1.807, 2.05) is 39.8 Å². The molecule has 0 aliphatic carbocycles. The van der Waals surface area contributed by atoms with Crippen LogP contribution in [0.25, 0.3) is 0 Å². The Labute approximate surface area is 128 Å². The largest absolute Gasteiger partial charge is 0.366 e. The second-order valence-corrected chi connectivity index (χ2v) is 5.27. The lowest BCUT2D eigenvalue weighted by Gasteiger charge is -2.24. The van der Waals surface area contributed by atoms with Gasteiger partial charge in [-0.2, -0.15) is 0 Å². The van der Waals surface area contributed by atoms with Crippen LogP contribution in [0.3, 0.4) is 0 Å². The lowest BCUT2D eigenvalue weighted by atomic mass is 9.96. The highest BCUT2D eigenvalue weighted by Gasteiger charge is 2.20. The summed E-state index contributed by atoms with van der Waals surface area (Å²) in [4.78, 5) is 25.3. The number of nitrogens with zero attached hydrogens (tertiary/aromatic N) is 1. The van der Waals surface area contributed by atoms with Gasteiger partial charge in [0.05, 0.1) is 0 Å². The average molecular weight is 295 g/mol. The van der Waals surface area contributed by atoms with Crippen molar-refractivity contribution in [3.05, 3.63) is 22.8 Å². The molecule has 0 aromatic heterocycles. The normalized spacial score (nSPS) is 13.1. The molecule has 0 aromatic rings. The molecule has 1 unspecified atom stereocenters. The summed E-state index contributed by atoms with van der Waals surface area (Å²) in [6, 6.07) is -0.0525. The smallest absolute Gasteiger partial charge is 0.245 e.